The Morgan fingerprint density at radius 2 is 2.06 bits per heavy atom. The summed E-state index contributed by atoms with van der Waals surface area (Å²) in [6.45, 7) is 7.01. The van der Waals surface area contributed by atoms with Crippen molar-refractivity contribution < 1.29 is 9.59 Å². The normalized spacial score (nSPS) is 19.3. The fourth-order valence-electron chi connectivity index (χ4n) is 2.06. The highest BCUT2D eigenvalue weighted by Crippen LogP contribution is 2.11. The molecule has 1 fully saturated rings. The summed E-state index contributed by atoms with van der Waals surface area (Å²) in [7, 11) is 0. The van der Waals surface area contributed by atoms with Gasteiger partial charge < -0.3 is 15.5 Å². The maximum Gasteiger partial charge on any atom is 0.239 e. The molecule has 1 aliphatic rings. The molecule has 1 heterocycles. The number of amides is 2. The number of hydrogen-bond donors (Lipinski definition) is 2. The molecular formula is C13H25N3O2. The lowest BCUT2D eigenvalue weighted by molar-refractivity contribution is -0.130. The minimum Gasteiger partial charge on any atom is -0.356 e. The number of nitrogens with one attached hydrogen (secondary N) is 2. The monoisotopic (exact) mass is 255 g/mol. The van der Waals surface area contributed by atoms with Crippen molar-refractivity contribution in [2.75, 3.05) is 26.2 Å². The molecule has 1 aliphatic heterocycles. The van der Waals surface area contributed by atoms with E-state index in [9.17, 15) is 9.59 Å². The molecule has 0 bridgehead atoms. The molecule has 2 N–H and O–H groups in total. The van der Waals surface area contributed by atoms with E-state index in [0.29, 0.717) is 19.5 Å². The Labute approximate surface area is 109 Å². The zero-order valence-electron chi connectivity index (χ0n) is 11.5. The van der Waals surface area contributed by atoms with Crippen molar-refractivity contribution in [2.24, 2.45) is 0 Å². The number of rotatable bonds is 8. The van der Waals surface area contributed by atoms with E-state index in [1.54, 1.807) is 4.90 Å². The summed E-state index contributed by atoms with van der Waals surface area (Å²) in [5.74, 6) is 0.182. The minimum atomic E-state index is -0.0383. The molecule has 1 rings (SSSR count). The van der Waals surface area contributed by atoms with Crippen LogP contribution in [0.3, 0.4) is 0 Å². The Morgan fingerprint density at radius 1 is 1.33 bits per heavy atom. The second kappa shape index (κ2) is 8.08. The fourth-order valence-corrected chi connectivity index (χ4v) is 2.06. The molecule has 1 saturated heterocycles. The highest BCUT2D eigenvalue weighted by molar-refractivity contribution is 5.84. The number of likely N-dealkylation sites (tertiary alicyclic amines) is 1. The summed E-state index contributed by atoms with van der Waals surface area (Å²) >= 11 is 0. The molecule has 5 heteroatoms. The van der Waals surface area contributed by atoms with Crippen LogP contribution in [-0.2, 0) is 9.59 Å². The summed E-state index contributed by atoms with van der Waals surface area (Å²) < 4.78 is 0. The fraction of sp³-hybridized carbons (Fsp3) is 0.846. The van der Waals surface area contributed by atoms with E-state index in [0.717, 1.165) is 32.4 Å². The molecule has 0 aromatic carbocycles. The lowest BCUT2D eigenvalue weighted by atomic mass is 10.2. The van der Waals surface area contributed by atoms with Crippen LogP contribution in [0.25, 0.3) is 0 Å². The SMILES string of the molecule is CCCNC(=O)CCN1CCC(NCCC)C1=O. The maximum atomic E-state index is 12.0. The van der Waals surface area contributed by atoms with Gasteiger partial charge in [-0.1, -0.05) is 13.8 Å². The first-order chi connectivity index (χ1) is 8.69. The first kappa shape index (κ1) is 15.0. The van der Waals surface area contributed by atoms with Crippen molar-refractivity contribution in [3.63, 3.8) is 0 Å². The second-order valence-corrected chi connectivity index (χ2v) is 4.72. The van der Waals surface area contributed by atoms with Gasteiger partial charge in [-0.25, -0.2) is 0 Å². The first-order valence-corrected chi connectivity index (χ1v) is 6.97. The van der Waals surface area contributed by atoms with Crippen molar-refractivity contribution in [3.8, 4) is 0 Å². The highest BCUT2D eigenvalue weighted by atomic mass is 16.2. The smallest absolute Gasteiger partial charge is 0.239 e. The molecule has 0 spiro atoms. The number of hydrogen-bond acceptors (Lipinski definition) is 3. The van der Waals surface area contributed by atoms with Gasteiger partial charge in [0.25, 0.3) is 0 Å². The standard InChI is InChI=1S/C13H25N3O2/c1-3-7-14-11-5-9-16(13(11)18)10-6-12(17)15-8-4-2/h11,14H,3-10H2,1-2H3,(H,15,17). The van der Waals surface area contributed by atoms with Gasteiger partial charge in [-0.2, -0.15) is 0 Å². The number of carbonyl (C=O) groups excluding carboxylic acids is 2. The zero-order valence-corrected chi connectivity index (χ0v) is 11.5. The molecule has 0 saturated carbocycles. The topological polar surface area (TPSA) is 61.4 Å². The van der Waals surface area contributed by atoms with Gasteiger partial charge in [-0.15, -0.1) is 0 Å². The molecule has 0 radical (unpaired) electrons. The molecule has 5 nitrogen and oxygen atoms in total. The van der Waals surface area contributed by atoms with Gasteiger partial charge in [0.2, 0.25) is 11.8 Å². The van der Waals surface area contributed by atoms with E-state index in [-0.39, 0.29) is 17.9 Å². The minimum absolute atomic E-state index is 0.0367. The quantitative estimate of drug-likeness (QED) is 0.664. The lowest BCUT2D eigenvalue weighted by Gasteiger charge is -2.16. The van der Waals surface area contributed by atoms with Crippen LogP contribution >= 0.6 is 0 Å². The Balaban J connectivity index is 2.23. The van der Waals surface area contributed by atoms with Crippen molar-refractivity contribution >= 4 is 11.8 Å². The summed E-state index contributed by atoms with van der Waals surface area (Å²) in [6.07, 6.45) is 3.24. The van der Waals surface area contributed by atoms with Crippen LogP contribution in [0.2, 0.25) is 0 Å². The van der Waals surface area contributed by atoms with E-state index in [4.69, 9.17) is 0 Å². The van der Waals surface area contributed by atoms with Gasteiger partial charge in [0.05, 0.1) is 6.04 Å². The van der Waals surface area contributed by atoms with E-state index in [1.807, 2.05) is 6.92 Å². The third-order valence-electron chi connectivity index (χ3n) is 3.12. The van der Waals surface area contributed by atoms with E-state index >= 15 is 0 Å². The number of carbonyl (C=O) groups is 2. The molecule has 0 aliphatic carbocycles. The third kappa shape index (κ3) is 4.64. The van der Waals surface area contributed by atoms with Crippen LogP contribution in [0.1, 0.15) is 39.5 Å². The zero-order chi connectivity index (χ0) is 13.4. The Hall–Kier alpha value is -1.10. The molecule has 1 unspecified atom stereocenters. The Bertz CT molecular complexity index is 281. The first-order valence-electron chi connectivity index (χ1n) is 6.97. The highest BCUT2D eigenvalue weighted by Gasteiger charge is 2.30. The molecule has 2 amide bonds. The van der Waals surface area contributed by atoms with Crippen LogP contribution in [0.15, 0.2) is 0 Å². The summed E-state index contributed by atoms with van der Waals surface area (Å²) in [5.41, 5.74) is 0. The number of nitrogens with zero attached hydrogens (tertiary/aromatic N) is 1. The Kier molecular flexibility index (Phi) is 6.72. The maximum absolute atomic E-state index is 12.0. The molecule has 0 aromatic heterocycles. The van der Waals surface area contributed by atoms with Crippen molar-refractivity contribution in [1.82, 2.24) is 15.5 Å². The summed E-state index contributed by atoms with van der Waals surface area (Å²) in [6, 6.07) is -0.0383. The van der Waals surface area contributed by atoms with Gasteiger partial charge in [0, 0.05) is 26.1 Å². The summed E-state index contributed by atoms with van der Waals surface area (Å²) in [5, 5.41) is 6.07. The van der Waals surface area contributed by atoms with E-state index < -0.39 is 0 Å². The van der Waals surface area contributed by atoms with Crippen molar-refractivity contribution in [1.29, 1.82) is 0 Å². The van der Waals surface area contributed by atoms with Crippen LogP contribution in [-0.4, -0.2) is 48.9 Å². The molecule has 1 atom stereocenters. The summed E-state index contributed by atoms with van der Waals surface area (Å²) in [4.78, 5) is 25.2. The van der Waals surface area contributed by atoms with Crippen LogP contribution in [0, 0.1) is 0 Å². The van der Waals surface area contributed by atoms with Gasteiger partial charge in [0.15, 0.2) is 0 Å². The largest absolute Gasteiger partial charge is 0.356 e. The van der Waals surface area contributed by atoms with Gasteiger partial charge >= 0.3 is 0 Å². The lowest BCUT2D eigenvalue weighted by Crippen LogP contribution is -2.39. The third-order valence-corrected chi connectivity index (χ3v) is 3.12. The molecule has 18 heavy (non-hydrogen) atoms. The Morgan fingerprint density at radius 3 is 2.72 bits per heavy atom. The predicted octanol–water partition coefficient (Wildman–Crippen LogP) is 0.503. The predicted molar refractivity (Wildman–Crippen MR) is 71.2 cm³/mol. The average Bonchev–Trinajstić information content (AvgIpc) is 2.72. The van der Waals surface area contributed by atoms with Gasteiger partial charge in [-0.3, -0.25) is 9.59 Å². The molecular weight excluding hydrogens is 230 g/mol. The van der Waals surface area contributed by atoms with Gasteiger partial charge in [0.1, 0.15) is 0 Å². The average molecular weight is 255 g/mol. The van der Waals surface area contributed by atoms with Crippen LogP contribution in [0.5, 0.6) is 0 Å². The molecule has 0 aromatic rings. The molecule has 104 valence electrons. The van der Waals surface area contributed by atoms with Gasteiger partial charge in [-0.05, 0) is 25.8 Å². The van der Waals surface area contributed by atoms with E-state index in [1.165, 1.54) is 0 Å². The second-order valence-electron chi connectivity index (χ2n) is 4.72. The van der Waals surface area contributed by atoms with E-state index in [2.05, 4.69) is 17.6 Å². The van der Waals surface area contributed by atoms with Crippen molar-refractivity contribution in [3.05, 3.63) is 0 Å². The van der Waals surface area contributed by atoms with Crippen LogP contribution < -0.4 is 10.6 Å². The van der Waals surface area contributed by atoms with Crippen molar-refractivity contribution in [2.45, 2.75) is 45.6 Å². The van der Waals surface area contributed by atoms with Crippen LogP contribution in [0.4, 0.5) is 0 Å².